The minimum absolute atomic E-state index is 0.00493. The van der Waals surface area contributed by atoms with Gasteiger partial charge in [-0.05, 0) is 37.3 Å². The first-order valence-corrected chi connectivity index (χ1v) is 8.41. The molecule has 30 heavy (non-hydrogen) atoms. The molecule has 0 aliphatic rings. The van der Waals surface area contributed by atoms with Crippen LogP contribution in [0.25, 0.3) is 11.0 Å². The van der Waals surface area contributed by atoms with Crippen LogP contribution in [-0.4, -0.2) is 33.2 Å². The van der Waals surface area contributed by atoms with Gasteiger partial charge >= 0.3 is 12.4 Å². The summed E-state index contributed by atoms with van der Waals surface area (Å²) >= 11 is 0. The largest absolute Gasteiger partial charge is 0.483 e. The van der Waals surface area contributed by atoms with Crippen LogP contribution in [0.3, 0.4) is 0 Å². The van der Waals surface area contributed by atoms with Gasteiger partial charge < -0.3 is 15.0 Å². The average molecular weight is 432 g/mol. The number of pyridine rings is 1. The molecule has 12 heteroatoms. The molecule has 0 aliphatic carbocycles. The number of nitrogens with two attached hydrogens (primary N) is 1. The first-order valence-electron chi connectivity index (χ1n) is 8.41. The van der Waals surface area contributed by atoms with Crippen LogP contribution < -0.4 is 10.5 Å². The number of amides is 1. The van der Waals surface area contributed by atoms with Gasteiger partial charge in [0.15, 0.2) is 12.4 Å². The molecule has 160 valence electrons. The third-order valence-corrected chi connectivity index (χ3v) is 4.21. The molecule has 0 fully saturated rings. The lowest BCUT2D eigenvalue weighted by Gasteiger charge is -2.17. The van der Waals surface area contributed by atoms with Crippen LogP contribution in [0.2, 0.25) is 0 Å². The normalized spacial score (nSPS) is 13.4. The first kappa shape index (κ1) is 21.4. The number of fused-ring (bicyclic) bond motifs is 1. The molecule has 0 unspecified atom stereocenters. The summed E-state index contributed by atoms with van der Waals surface area (Å²) in [5, 5.41) is 0. The zero-order valence-electron chi connectivity index (χ0n) is 15.3. The summed E-state index contributed by atoms with van der Waals surface area (Å²) in [6.07, 6.45) is -8.09. The fourth-order valence-corrected chi connectivity index (χ4v) is 2.86. The van der Waals surface area contributed by atoms with Crippen molar-refractivity contribution in [3.63, 3.8) is 0 Å². The lowest BCUT2D eigenvalue weighted by atomic mass is 10.1. The average Bonchev–Trinajstić information content (AvgIpc) is 3.04. The number of ether oxygens (including phenoxy) is 1. The van der Waals surface area contributed by atoms with Gasteiger partial charge in [0.05, 0.1) is 34.5 Å². The molecule has 0 bridgehead atoms. The van der Waals surface area contributed by atoms with Crippen LogP contribution >= 0.6 is 0 Å². The van der Waals surface area contributed by atoms with Crippen LogP contribution in [0.5, 0.6) is 5.75 Å². The SMILES string of the molecule is C[C@H](c1ccc(OCC(F)(F)F)cn1)n1c(C(N)=O)nc2ccc(C(F)(F)F)cc21. The van der Waals surface area contributed by atoms with Crippen molar-refractivity contribution in [2.24, 2.45) is 5.73 Å². The molecule has 1 atom stereocenters. The Morgan fingerprint density at radius 2 is 1.87 bits per heavy atom. The van der Waals surface area contributed by atoms with Gasteiger partial charge in [0.2, 0.25) is 0 Å². The zero-order valence-corrected chi connectivity index (χ0v) is 15.3. The highest BCUT2D eigenvalue weighted by atomic mass is 19.4. The predicted molar refractivity (Wildman–Crippen MR) is 92.9 cm³/mol. The van der Waals surface area contributed by atoms with E-state index in [9.17, 15) is 31.1 Å². The number of hydrogen-bond donors (Lipinski definition) is 1. The van der Waals surface area contributed by atoms with Crippen molar-refractivity contribution in [3.8, 4) is 5.75 Å². The molecule has 2 N–H and O–H groups in total. The van der Waals surface area contributed by atoms with Gasteiger partial charge in [-0.15, -0.1) is 0 Å². The lowest BCUT2D eigenvalue weighted by molar-refractivity contribution is -0.153. The highest BCUT2D eigenvalue weighted by molar-refractivity contribution is 5.94. The number of halogens is 6. The monoisotopic (exact) mass is 432 g/mol. The van der Waals surface area contributed by atoms with E-state index in [4.69, 9.17) is 5.73 Å². The van der Waals surface area contributed by atoms with Gasteiger partial charge in [0.1, 0.15) is 5.75 Å². The van der Waals surface area contributed by atoms with Crippen molar-refractivity contribution in [1.82, 2.24) is 14.5 Å². The molecular weight excluding hydrogens is 418 g/mol. The van der Waals surface area contributed by atoms with Crippen LogP contribution in [0.15, 0.2) is 36.5 Å². The standard InChI is InChI=1S/C18H14F6N4O2/c1-9(12-5-3-11(7-26-12)30-8-17(19,20)21)28-14-6-10(18(22,23)24)2-4-13(14)27-16(28)15(25)29/h2-7,9H,8H2,1H3,(H2,25,29)/t9-/m1/s1. The first-order chi connectivity index (χ1) is 13.9. The summed E-state index contributed by atoms with van der Waals surface area (Å²) < 4.78 is 81.8. The second-order valence-corrected chi connectivity index (χ2v) is 6.37. The van der Waals surface area contributed by atoms with Crippen molar-refractivity contribution in [1.29, 1.82) is 0 Å². The van der Waals surface area contributed by atoms with Gasteiger partial charge in [-0.1, -0.05) is 0 Å². The number of nitrogens with zero attached hydrogens (tertiary/aromatic N) is 3. The Kier molecular flexibility index (Phi) is 5.35. The van der Waals surface area contributed by atoms with E-state index in [1.807, 2.05) is 0 Å². The minimum atomic E-state index is -4.62. The van der Waals surface area contributed by atoms with E-state index in [1.165, 1.54) is 23.6 Å². The Morgan fingerprint density at radius 1 is 1.17 bits per heavy atom. The minimum Gasteiger partial charge on any atom is -0.483 e. The number of carbonyl (C=O) groups is 1. The van der Waals surface area contributed by atoms with Gasteiger partial charge in [0, 0.05) is 0 Å². The van der Waals surface area contributed by atoms with E-state index in [0.717, 1.165) is 24.4 Å². The van der Waals surface area contributed by atoms with Gasteiger partial charge in [-0.25, -0.2) is 4.98 Å². The van der Waals surface area contributed by atoms with Gasteiger partial charge in [-0.2, -0.15) is 26.3 Å². The van der Waals surface area contributed by atoms with E-state index >= 15 is 0 Å². The Bertz CT molecular complexity index is 1070. The molecule has 0 spiro atoms. The molecule has 3 aromatic rings. The maximum atomic E-state index is 13.1. The molecule has 0 saturated carbocycles. The third-order valence-electron chi connectivity index (χ3n) is 4.21. The predicted octanol–water partition coefficient (Wildman–Crippen LogP) is 4.10. The number of carbonyl (C=O) groups excluding carboxylic acids is 1. The smallest absolute Gasteiger partial charge is 0.422 e. The topological polar surface area (TPSA) is 83.0 Å². The molecule has 1 amide bonds. The molecule has 1 aromatic carbocycles. The maximum absolute atomic E-state index is 13.1. The summed E-state index contributed by atoms with van der Waals surface area (Å²) in [4.78, 5) is 19.8. The van der Waals surface area contributed by atoms with Crippen molar-refractivity contribution in [2.75, 3.05) is 6.61 Å². The molecule has 2 heterocycles. The van der Waals surface area contributed by atoms with E-state index in [1.54, 1.807) is 0 Å². The molecule has 2 aromatic heterocycles. The summed E-state index contributed by atoms with van der Waals surface area (Å²) in [5.74, 6) is -1.39. The van der Waals surface area contributed by atoms with Crippen molar-refractivity contribution >= 4 is 16.9 Å². The summed E-state index contributed by atoms with van der Waals surface area (Å²) in [7, 11) is 0. The maximum Gasteiger partial charge on any atom is 0.422 e. The second kappa shape index (κ2) is 7.50. The van der Waals surface area contributed by atoms with E-state index < -0.39 is 36.5 Å². The number of primary amides is 1. The van der Waals surface area contributed by atoms with E-state index in [2.05, 4.69) is 14.7 Å². The zero-order chi connectivity index (χ0) is 22.3. The summed E-state index contributed by atoms with van der Waals surface area (Å²) in [6.45, 7) is 0.0359. The number of alkyl halides is 6. The number of aromatic nitrogens is 3. The molecule has 0 aliphatic heterocycles. The fourth-order valence-electron chi connectivity index (χ4n) is 2.86. The highest BCUT2D eigenvalue weighted by Crippen LogP contribution is 2.33. The van der Waals surface area contributed by atoms with Crippen molar-refractivity contribution in [2.45, 2.75) is 25.3 Å². The van der Waals surface area contributed by atoms with Crippen molar-refractivity contribution < 1.29 is 35.9 Å². The molecule has 0 radical (unpaired) electrons. The van der Waals surface area contributed by atoms with Gasteiger partial charge in [-0.3, -0.25) is 9.78 Å². The number of imidazole rings is 1. The van der Waals surface area contributed by atoms with E-state index in [0.29, 0.717) is 0 Å². The Hall–Kier alpha value is -3.31. The molecule has 0 saturated heterocycles. The van der Waals surface area contributed by atoms with Crippen LogP contribution in [0, 0.1) is 0 Å². The van der Waals surface area contributed by atoms with Crippen LogP contribution in [-0.2, 0) is 6.18 Å². The quantitative estimate of drug-likeness (QED) is 0.616. The molecule has 3 rings (SSSR count). The summed E-state index contributed by atoms with van der Waals surface area (Å²) in [5.41, 5.74) is 4.76. The molecule has 6 nitrogen and oxygen atoms in total. The second-order valence-electron chi connectivity index (χ2n) is 6.37. The lowest BCUT2D eigenvalue weighted by Crippen LogP contribution is -2.21. The van der Waals surface area contributed by atoms with Crippen LogP contribution in [0.1, 0.15) is 34.8 Å². The fraction of sp³-hybridized carbons (Fsp3) is 0.278. The van der Waals surface area contributed by atoms with Crippen molar-refractivity contribution in [3.05, 3.63) is 53.6 Å². The number of benzene rings is 1. The van der Waals surface area contributed by atoms with Gasteiger partial charge in [0.25, 0.3) is 5.91 Å². The van der Waals surface area contributed by atoms with Crippen LogP contribution in [0.4, 0.5) is 26.3 Å². The Morgan fingerprint density at radius 3 is 2.40 bits per heavy atom. The number of hydrogen-bond acceptors (Lipinski definition) is 4. The number of rotatable bonds is 5. The summed E-state index contributed by atoms with van der Waals surface area (Å²) in [6, 6.07) is 4.55. The third kappa shape index (κ3) is 4.47. The van der Waals surface area contributed by atoms with E-state index in [-0.39, 0.29) is 28.3 Å². The Labute approximate surface area is 165 Å². The highest BCUT2D eigenvalue weighted by Gasteiger charge is 2.32. The molecular formula is C18H14F6N4O2. The Balaban J connectivity index is 2.01.